The van der Waals surface area contributed by atoms with Gasteiger partial charge in [0.2, 0.25) is 11.9 Å². The smallest absolute Gasteiger partial charge is 0.248 e. The first kappa shape index (κ1) is 18.5. The number of carbonyl (C=O) groups excluding carboxylic acids is 1. The number of fused-ring (bicyclic) bond motifs is 1. The van der Waals surface area contributed by atoms with Crippen LogP contribution in [-0.2, 0) is 4.79 Å². The fraction of sp³-hybridized carbons (Fsp3) is 0.150. The summed E-state index contributed by atoms with van der Waals surface area (Å²) in [7, 11) is 0. The van der Waals surface area contributed by atoms with Gasteiger partial charge in [0.25, 0.3) is 0 Å². The van der Waals surface area contributed by atoms with Crippen molar-refractivity contribution < 1.29 is 4.79 Å². The van der Waals surface area contributed by atoms with Crippen LogP contribution in [0.25, 0.3) is 11.4 Å². The van der Waals surface area contributed by atoms with E-state index in [4.69, 9.17) is 28.9 Å². The van der Waals surface area contributed by atoms with Crippen molar-refractivity contribution in [2.75, 3.05) is 5.32 Å². The molecule has 1 atom stereocenters. The maximum absolute atomic E-state index is 12.2. The van der Waals surface area contributed by atoms with E-state index < -0.39 is 11.9 Å². The number of nitrogens with two attached hydrogens (primary N) is 1. The van der Waals surface area contributed by atoms with Gasteiger partial charge >= 0.3 is 0 Å². The number of halogens is 2. The number of aromatic nitrogens is 3. The zero-order chi connectivity index (χ0) is 20.0. The van der Waals surface area contributed by atoms with Crippen LogP contribution < -0.4 is 11.1 Å². The van der Waals surface area contributed by atoms with Crippen molar-refractivity contribution in [1.82, 2.24) is 14.8 Å². The van der Waals surface area contributed by atoms with Gasteiger partial charge in [0.05, 0.1) is 15.6 Å². The summed E-state index contributed by atoms with van der Waals surface area (Å²) >= 11 is 12.3. The predicted molar refractivity (Wildman–Crippen MR) is 110 cm³/mol. The summed E-state index contributed by atoms with van der Waals surface area (Å²) in [5.74, 6) is 0.542. The Kier molecular flexibility index (Phi) is 4.61. The highest BCUT2D eigenvalue weighted by atomic mass is 35.5. The van der Waals surface area contributed by atoms with E-state index in [0.29, 0.717) is 33.1 Å². The highest BCUT2D eigenvalue weighted by Crippen LogP contribution is 2.38. The minimum Gasteiger partial charge on any atom is -0.366 e. The lowest BCUT2D eigenvalue weighted by molar-refractivity contribution is -0.115. The second-order valence-corrected chi connectivity index (χ2v) is 7.44. The molecule has 0 aliphatic carbocycles. The van der Waals surface area contributed by atoms with Crippen LogP contribution in [0.3, 0.4) is 0 Å². The van der Waals surface area contributed by atoms with E-state index in [0.717, 1.165) is 16.7 Å². The van der Waals surface area contributed by atoms with E-state index in [1.807, 2.05) is 31.2 Å². The van der Waals surface area contributed by atoms with Crippen LogP contribution in [0.4, 0.5) is 5.95 Å². The van der Waals surface area contributed by atoms with Crippen molar-refractivity contribution in [1.29, 1.82) is 0 Å². The Labute approximate surface area is 172 Å². The minimum atomic E-state index is -0.561. The number of nitrogens with one attached hydrogen (secondary N) is 1. The van der Waals surface area contributed by atoms with Gasteiger partial charge in [-0.25, -0.2) is 4.68 Å². The third kappa shape index (κ3) is 3.04. The Bertz CT molecular complexity index is 1140. The molecule has 3 N–H and O–H groups in total. The summed E-state index contributed by atoms with van der Waals surface area (Å²) in [6.07, 6.45) is 0. The van der Waals surface area contributed by atoms with Crippen LogP contribution in [0.5, 0.6) is 0 Å². The SMILES string of the molecule is CC1=C(C(N)=O)C(c2ccc(Cl)c(Cl)c2)n2nc(-c3ccccc3C)nc2N1. The van der Waals surface area contributed by atoms with E-state index in [1.54, 1.807) is 29.8 Å². The molecule has 28 heavy (non-hydrogen) atoms. The molecule has 0 saturated carbocycles. The number of nitrogens with zero attached hydrogens (tertiary/aromatic N) is 3. The van der Waals surface area contributed by atoms with Crippen molar-refractivity contribution >= 4 is 35.1 Å². The third-order valence-corrected chi connectivity index (χ3v) is 5.50. The van der Waals surface area contributed by atoms with E-state index >= 15 is 0 Å². The average Bonchev–Trinajstić information content (AvgIpc) is 3.06. The molecule has 2 heterocycles. The number of primary amides is 1. The van der Waals surface area contributed by atoms with Crippen molar-refractivity contribution in [3.05, 3.63) is 74.9 Å². The van der Waals surface area contributed by atoms with Crippen LogP contribution in [0.15, 0.2) is 53.7 Å². The molecule has 0 radical (unpaired) electrons. The zero-order valence-electron chi connectivity index (χ0n) is 15.2. The molecule has 4 rings (SSSR count). The Balaban J connectivity index is 1.92. The number of anilines is 1. The maximum Gasteiger partial charge on any atom is 0.248 e. The monoisotopic (exact) mass is 413 g/mol. The van der Waals surface area contributed by atoms with Gasteiger partial charge in [-0.2, -0.15) is 4.98 Å². The molecule has 8 heteroatoms. The molecule has 0 saturated heterocycles. The number of benzene rings is 2. The minimum absolute atomic E-state index is 0.389. The fourth-order valence-electron chi connectivity index (χ4n) is 3.40. The van der Waals surface area contributed by atoms with Crippen LogP contribution in [0.2, 0.25) is 10.0 Å². The Hall–Kier alpha value is -2.83. The fourth-order valence-corrected chi connectivity index (χ4v) is 3.71. The number of hydrogen-bond donors (Lipinski definition) is 2. The van der Waals surface area contributed by atoms with Gasteiger partial charge in [-0.15, -0.1) is 5.10 Å². The second kappa shape index (κ2) is 6.96. The molecule has 0 spiro atoms. The first-order valence-corrected chi connectivity index (χ1v) is 9.37. The number of amides is 1. The van der Waals surface area contributed by atoms with Gasteiger partial charge in [-0.3, -0.25) is 4.79 Å². The number of aryl methyl sites for hydroxylation is 1. The number of allylic oxidation sites excluding steroid dienone is 1. The Morgan fingerprint density at radius 2 is 1.89 bits per heavy atom. The van der Waals surface area contributed by atoms with Crippen molar-refractivity contribution in [3.63, 3.8) is 0 Å². The molecule has 6 nitrogen and oxygen atoms in total. The van der Waals surface area contributed by atoms with E-state index in [9.17, 15) is 4.79 Å². The molecule has 0 fully saturated rings. The topological polar surface area (TPSA) is 85.8 Å². The molecule has 142 valence electrons. The summed E-state index contributed by atoms with van der Waals surface area (Å²) in [5, 5.41) is 8.64. The number of carbonyl (C=O) groups is 1. The molecular weight excluding hydrogens is 397 g/mol. The van der Waals surface area contributed by atoms with Crippen LogP contribution >= 0.6 is 23.2 Å². The molecule has 2 aromatic carbocycles. The van der Waals surface area contributed by atoms with Crippen LogP contribution in [0, 0.1) is 6.92 Å². The molecule has 1 unspecified atom stereocenters. The number of rotatable bonds is 3. The van der Waals surface area contributed by atoms with Crippen molar-refractivity contribution in [2.24, 2.45) is 5.73 Å². The lowest BCUT2D eigenvalue weighted by Crippen LogP contribution is -2.31. The van der Waals surface area contributed by atoms with Gasteiger partial charge in [-0.05, 0) is 37.1 Å². The molecule has 1 aliphatic rings. The molecule has 1 amide bonds. The Morgan fingerprint density at radius 1 is 1.14 bits per heavy atom. The first-order chi connectivity index (χ1) is 13.4. The Morgan fingerprint density at radius 3 is 2.57 bits per heavy atom. The van der Waals surface area contributed by atoms with Crippen molar-refractivity contribution in [3.8, 4) is 11.4 Å². The van der Waals surface area contributed by atoms with Gasteiger partial charge in [-0.1, -0.05) is 53.5 Å². The molecule has 0 bridgehead atoms. The largest absolute Gasteiger partial charge is 0.366 e. The summed E-state index contributed by atoms with van der Waals surface area (Å²) in [4.78, 5) is 16.9. The van der Waals surface area contributed by atoms with Crippen LogP contribution in [-0.4, -0.2) is 20.7 Å². The lowest BCUT2D eigenvalue weighted by Gasteiger charge is -2.27. The quantitative estimate of drug-likeness (QED) is 0.668. The highest BCUT2D eigenvalue weighted by Gasteiger charge is 2.33. The zero-order valence-corrected chi connectivity index (χ0v) is 16.7. The third-order valence-electron chi connectivity index (χ3n) is 4.76. The predicted octanol–water partition coefficient (Wildman–Crippen LogP) is 4.33. The van der Waals surface area contributed by atoms with E-state index in [2.05, 4.69) is 15.4 Å². The molecule has 1 aliphatic heterocycles. The summed E-state index contributed by atoms with van der Waals surface area (Å²) in [6, 6.07) is 12.5. The average molecular weight is 414 g/mol. The second-order valence-electron chi connectivity index (χ2n) is 6.62. The summed E-state index contributed by atoms with van der Waals surface area (Å²) in [6.45, 7) is 3.79. The van der Waals surface area contributed by atoms with Crippen LogP contribution in [0.1, 0.15) is 24.1 Å². The van der Waals surface area contributed by atoms with Crippen molar-refractivity contribution in [2.45, 2.75) is 19.9 Å². The lowest BCUT2D eigenvalue weighted by atomic mass is 9.95. The highest BCUT2D eigenvalue weighted by molar-refractivity contribution is 6.42. The van der Waals surface area contributed by atoms with Gasteiger partial charge in [0.15, 0.2) is 5.82 Å². The van der Waals surface area contributed by atoms with Gasteiger partial charge in [0.1, 0.15) is 6.04 Å². The van der Waals surface area contributed by atoms with Gasteiger partial charge in [0, 0.05) is 11.3 Å². The van der Waals surface area contributed by atoms with Gasteiger partial charge < -0.3 is 11.1 Å². The molecule has 1 aromatic heterocycles. The molecular formula is C20H17Cl2N5O. The maximum atomic E-state index is 12.2. The normalized spacial score (nSPS) is 15.9. The summed E-state index contributed by atoms with van der Waals surface area (Å²) < 4.78 is 1.66. The van der Waals surface area contributed by atoms with E-state index in [-0.39, 0.29) is 0 Å². The van der Waals surface area contributed by atoms with E-state index in [1.165, 1.54) is 0 Å². The first-order valence-electron chi connectivity index (χ1n) is 8.62. The summed E-state index contributed by atoms with van der Waals surface area (Å²) in [5.41, 5.74) is 9.42. The standard InChI is InChI=1S/C20H17Cl2N5O/c1-10-5-3-4-6-13(10)19-25-20-24-11(2)16(18(23)28)17(27(20)26-19)12-7-8-14(21)15(22)9-12/h3-9,17H,1-2H3,(H2,23,28)(H,24,25,26). The molecule has 3 aromatic rings. The number of hydrogen-bond acceptors (Lipinski definition) is 4.